The Hall–Kier alpha value is -0.880. The van der Waals surface area contributed by atoms with Crippen LogP contribution in [-0.2, 0) is 0 Å². The van der Waals surface area contributed by atoms with Gasteiger partial charge in [0, 0.05) is 0 Å². The summed E-state index contributed by atoms with van der Waals surface area (Å²) < 4.78 is 12.3. The highest BCUT2D eigenvalue weighted by atomic mass is 19.1. The maximum atomic E-state index is 12.3. The summed E-state index contributed by atoms with van der Waals surface area (Å²) >= 11 is 0. The third-order valence-corrected chi connectivity index (χ3v) is 1.15. The SMILES string of the molecule is OB(O)c1cccc(F)c1.O[B]O. The molecule has 0 aliphatic heterocycles. The second-order valence-electron chi connectivity index (χ2n) is 2.04. The molecule has 0 saturated heterocycles. The summed E-state index contributed by atoms with van der Waals surface area (Å²) in [6, 6.07) is 5.18. The number of halogens is 1. The van der Waals surface area contributed by atoms with E-state index in [-0.39, 0.29) is 13.1 Å². The van der Waals surface area contributed by atoms with E-state index in [0.717, 1.165) is 6.07 Å². The molecule has 4 N–H and O–H groups in total. The Bertz CT molecular complexity index is 246. The Morgan fingerprint density at radius 3 is 2.08 bits per heavy atom. The van der Waals surface area contributed by atoms with E-state index in [2.05, 4.69) is 0 Å². The molecule has 0 aromatic heterocycles. The topological polar surface area (TPSA) is 80.9 Å². The molecule has 1 aromatic carbocycles. The first-order chi connectivity index (χ1) is 6.11. The van der Waals surface area contributed by atoms with Crippen LogP contribution in [0.25, 0.3) is 0 Å². The molecule has 0 amide bonds. The first-order valence-corrected chi connectivity index (χ1v) is 3.33. The summed E-state index contributed by atoms with van der Waals surface area (Å²) in [4.78, 5) is 0. The zero-order chi connectivity index (χ0) is 10.3. The molecule has 0 spiro atoms. The van der Waals surface area contributed by atoms with E-state index in [4.69, 9.17) is 20.1 Å². The van der Waals surface area contributed by atoms with Gasteiger partial charge in [0.15, 0.2) is 0 Å². The summed E-state index contributed by atoms with van der Waals surface area (Å²) in [6.07, 6.45) is 0. The molecule has 69 valence electrons. The largest absolute Gasteiger partial charge is 0.488 e. The maximum absolute atomic E-state index is 12.3. The van der Waals surface area contributed by atoms with Crippen molar-refractivity contribution < 1.29 is 24.5 Å². The van der Waals surface area contributed by atoms with Crippen molar-refractivity contribution in [3.05, 3.63) is 30.1 Å². The third kappa shape index (κ3) is 5.37. The van der Waals surface area contributed by atoms with Crippen LogP contribution in [0.1, 0.15) is 0 Å². The summed E-state index contributed by atoms with van der Waals surface area (Å²) in [5.41, 5.74) is 0.167. The zero-order valence-corrected chi connectivity index (χ0v) is 6.63. The Morgan fingerprint density at radius 1 is 1.23 bits per heavy atom. The third-order valence-electron chi connectivity index (χ3n) is 1.15. The molecule has 0 heterocycles. The molecule has 4 nitrogen and oxygen atoms in total. The zero-order valence-electron chi connectivity index (χ0n) is 6.63. The van der Waals surface area contributed by atoms with Gasteiger partial charge in [-0.15, -0.1) is 0 Å². The lowest BCUT2D eigenvalue weighted by Gasteiger charge is -1.96. The minimum atomic E-state index is -1.59. The van der Waals surface area contributed by atoms with Crippen molar-refractivity contribution in [1.29, 1.82) is 0 Å². The normalized spacial score (nSPS) is 8.38. The summed E-state index contributed by atoms with van der Waals surface area (Å²) in [6.45, 7) is 0. The van der Waals surface area contributed by atoms with Crippen LogP contribution in [0.5, 0.6) is 0 Å². The van der Waals surface area contributed by atoms with Gasteiger partial charge in [0.05, 0.1) is 0 Å². The Kier molecular flexibility index (Phi) is 6.17. The van der Waals surface area contributed by atoms with Crippen LogP contribution in [0.3, 0.4) is 0 Å². The van der Waals surface area contributed by atoms with Crippen LogP contribution >= 0.6 is 0 Å². The minimum absolute atomic E-state index is 0. The molecule has 1 aromatic rings. The maximum Gasteiger partial charge on any atom is 0.488 e. The summed E-state index contributed by atoms with van der Waals surface area (Å²) in [5, 5.41) is 31.1. The highest BCUT2D eigenvalue weighted by Crippen LogP contribution is 1.92. The van der Waals surface area contributed by atoms with Crippen molar-refractivity contribution >= 4 is 20.3 Å². The fourth-order valence-electron chi connectivity index (χ4n) is 0.667. The molecule has 7 heteroatoms. The second kappa shape index (κ2) is 6.62. The minimum Gasteiger partial charge on any atom is -0.429 e. The molecule has 13 heavy (non-hydrogen) atoms. The average Bonchev–Trinajstić information content (AvgIpc) is 2.05. The molecular formula is C6H8B2FO4. The number of rotatable bonds is 1. The molecular weight excluding hydrogens is 177 g/mol. The molecule has 0 saturated carbocycles. The van der Waals surface area contributed by atoms with Crippen molar-refractivity contribution in [2.45, 2.75) is 0 Å². The second-order valence-corrected chi connectivity index (χ2v) is 2.04. The van der Waals surface area contributed by atoms with E-state index in [9.17, 15) is 4.39 Å². The van der Waals surface area contributed by atoms with Crippen molar-refractivity contribution in [3.63, 3.8) is 0 Å². The smallest absolute Gasteiger partial charge is 0.429 e. The van der Waals surface area contributed by atoms with E-state index in [1.807, 2.05) is 0 Å². The van der Waals surface area contributed by atoms with Crippen molar-refractivity contribution in [2.75, 3.05) is 0 Å². The fourth-order valence-corrected chi connectivity index (χ4v) is 0.667. The highest BCUT2D eigenvalue weighted by Gasteiger charge is 2.09. The molecule has 0 aliphatic carbocycles. The van der Waals surface area contributed by atoms with E-state index in [0.29, 0.717) is 0 Å². The van der Waals surface area contributed by atoms with E-state index < -0.39 is 12.9 Å². The molecule has 1 rings (SSSR count). The van der Waals surface area contributed by atoms with E-state index in [1.165, 1.54) is 18.2 Å². The van der Waals surface area contributed by atoms with Crippen LogP contribution in [0, 0.1) is 5.82 Å². The predicted molar refractivity (Wildman–Crippen MR) is 46.4 cm³/mol. The highest BCUT2D eigenvalue weighted by molar-refractivity contribution is 6.58. The van der Waals surface area contributed by atoms with Gasteiger partial charge in [-0.2, -0.15) is 0 Å². The number of benzene rings is 1. The molecule has 0 fully saturated rings. The van der Waals surface area contributed by atoms with Crippen molar-refractivity contribution in [3.8, 4) is 0 Å². The van der Waals surface area contributed by atoms with Gasteiger partial charge in [-0.25, -0.2) is 4.39 Å². The lowest BCUT2D eigenvalue weighted by atomic mass is 9.80. The van der Waals surface area contributed by atoms with E-state index >= 15 is 0 Å². The average molecular weight is 185 g/mol. The predicted octanol–water partition coefficient (Wildman–Crippen LogP) is -1.99. The number of hydrogen-bond donors (Lipinski definition) is 4. The van der Waals surface area contributed by atoms with Crippen LogP contribution in [0.4, 0.5) is 4.39 Å². The molecule has 1 radical (unpaired) electrons. The summed E-state index contributed by atoms with van der Waals surface area (Å²) in [7, 11) is -1.59. The number of hydrogen-bond acceptors (Lipinski definition) is 4. The molecule has 0 unspecified atom stereocenters. The van der Waals surface area contributed by atoms with Crippen LogP contribution in [-0.4, -0.2) is 34.9 Å². The van der Waals surface area contributed by atoms with Gasteiger partial charge in [0.25, 0.3) is 0 Å². The quantitative estimate of drug-likeness (QED) is 0.381. The lowest BCUT2D eigenvalue weighted by molar-refractivity contribution is 0.425. The molecule has 0 atom stereocenters. The Labute approximate surface area is 75.7 Å². The summed E-state index contributed by atoms with van der Waals surface area (Å²) in [5.74, 6) is -0.467. The van der Waals surface area contributed by atoms with Gasteiger partial charge in [-0.05, 0) is 17.6 Å². The Morgan fingerprint density at radius 2 is 1.77 bits per heavy atom. The van der Waals surface area contributed by atoms with Crippen molar-refractivity contribution in [2.24, 2.45) is 0 Å². The first kappa shape index (κ1) is 12.1. The van der Waals surface area contributed by atoms with Crippen LogP contribution in [0.15, 0.2) is 24.3 Å². The lowest BCUT2D eigenvalue weighted by Crippen LogP contribution is -2.29. The van der Waals surface area contributed by atoms with Gasteiger partial charge in [0.2, 0.25) is 0 Å². The fraction of sp³-hybridized carbons (Fsp3) is 0. The van der Waals surface area contributed by atoms with Gasteiger partial charge in [-0.1, -0.05) is 12.1 Å². The standard InChI is InChI=1S/C6H6BFO2.BH2O2/c8-6-3-1-2-5(4-6)7(9)10;2-1-3/h1-4,9-10H;2-3H. The first-order valence-electron chi connectivity index (χ1n) is 3.33. The van der Waals surface area contributed by atoms with Gasteiger partial charge < -0.3 is 20.1 Å². The van der Waals surface area contributed by atoms with Crippen LogP contribution in [0.2, 0.25) is 0 Å². The molecule has 0 bridgehead atoms. The van der Waals surface area contributed by atoms with Gasteiger partial charge in [0.1, 0.15) is 5.82 Å². The van der Waals surface area contributed by atoms with Gasteiger partial charge >= 0.3 is 14.8 Å². The van der Waals surface area contributed by atoms with Crippen LogP contribution < -0.4 is 5.46 Å². The Balaban J connectivity index is 0.000000424. The van der Waals surface area contributed by atoms with Crippen molar-refractivity contribution in [1.82, 2.24) is 0 Å². The monoisotopic (exact) mass is 185 g/mol. The van der Waals surface area contributed by atoms with Gasteiger partial charge in [-0.3, -0.25) is 0 Å². The molecule has 0 aliphatic rings. The van der Waals surface area contributed by atoms with E-state index in [1.54, 1.807) is 0 Å².